The van der Waals surface area contributed by atoms with Crippen LogP contribution in [0, 0.1) is 5.92 Å². The molecule has 1 amide bonds. The molecule has 5 nitrogen and oxygen atoms in total. The normalized spacial score (nSPS) is 11.9. The van der Waals surface area contributed by atoms with Crippen LogP contribution in [0.2, 0.25) is 0 Å². The molecule has 5 heteroatoms. The number of carbonyl (C=O) groups is 1. The highest BCUT2D eigenvalue weighted by molar-refractivity contribution is 5.81. The first kappa shape index (κ1) is 12.7. The average Bonchev–Trinajstić information content (AvgIpc) is 2.12. The predicted octanol–water partition coefficient (Wildman–Crippen LogP) is 0.627. The second kappa shape index (κ2) is 6.23. The van der Waals surface area contributed by atoms with Crippen molar-refractivity contribution in [3.05, 3.63) is 0 Å². The first-order valence-corrected chi connectivity index (χ1v) is 4.67. The molecular weight excluding hydrogens is 182 g/mol. The van der Waals surface area contributed by atoms with Gasteiger partial charge in [-0.25, -0.2) is 0 Å². The summed E-state index contributed by atoms with van der Waals surface area (Å²) < 4.78 is 0. The third-order valence-corrected chi connectivity index (χ3v) is 1.84. The van der Waals surface area contributed by atoms with Gasteiger partial charge in [0.05, 0.1) is 0 Å². The molecule has 0 aliphatic heterocycles. The molecule has 0 heterocycles. The van der Waals surface area contributed by atoms with E-state index in [1.54, 1.807) is 11.9 Å². The van der Waals surface area contributed by atoms with Gasteiger partial charge in [-0.2, -0.15) is 0 Å². The molecule has 14 heavy (non-hydrogen) atoms. The predicted molar refractivity (Wildman–Crippen MR) is 55.1 cm³/mol. The fourth-order valence-corrected chi connectivity index (χ4v) is 0.962. The van der Waals surface area contributed by atoms with Crippen molar-refractivity contribution in [1.29, 1.82) is 0 Å². The lowest BCUT2D eigenvalue weighted by molar-refractivity contribution is -0.130. The Morgan fingerprint density at radius 2 is 2.14 bits per heavy atom. The SMILES string of the molecule is CC(C)CC(=O)N(C)CCC(N)=NO. The van der Waals surface area contributed by atoms with Crippen LogP contribution in [-0.4, -0.2) is 35.4 Å². The molecule has 0 saturated heterocycles. The van der Waals surface area contributed by atoms with Gasteiger partial charge in [0.15, 0.2) is 0 Å². The van der Waals surface area contributed by atoms with Gasteiger partial charge in [0.2, 0.25) is 5.91 Å². The van der Waals surface area contributed by atoms with Crippen molar-refractivity contribution in [3.8, 4) is 0 Å². The van der Waals surface area contributed by atoms with Gasteiger partial charge >= 0.3 is 0 Å². The van der Waals surface area contributed by atoms with Crippen LogP contribution in [0.4, 0.5) is 0 Å². The van der Waals surface area contributed by atoms with Crippen LogP contribution in [0.5, 0.6) is 0 Å². The van der Waals surface area contributed by atoms with Crippen LogP contribution in [0.3, 0.4) is 0 Å². The van der Waals surface area contributed by atoms with E-state index >= 15 is 0 Å². The van der Waals surface area contributed by atoms with Gasteiger partial charge in [0.25, 0.3) is 0 Å². The topological polar surface area (TPSA) is 78.9 Å². The highest BCUT2D eigenvalue weighted by Gasteiger charge is 2.10. The van der Waals surface area contributed by atoms with Gasteiger partial charge in [-0.15, -0.1) is 0 Å². The molecular formula is C9H19N3O2. The molecule has 3 N–H and O–H groups in total. The summed E-state index contributed by atoms with van der Waals surface area (Å²) in [5, 5.41) is 11.1. The quantitative estimate of drug-likeness (QED) is 0.296. The van der Waals surface area contributed by atoms with E-state index in [4.69, 9.17) is 10.9 Å². The summed E-state index contributed by atoms with van der Waals surface area (Å²) in [7, 11) is 1.72. The van der Waals surface area contributed by atoms with Crippen molar-refractivity contribution in [3.63, 3.8) is 0 Å². The molecule has 0 atom stereocenters. The zero-order valence-corrected chi connectivity index (χ0v) is 9.03. The number of amides is 1. The average molecular weight is 201 g/mol. The van der Waals surface area contributed by atoms with Gasteiger partial charge in [0.1, 0.15) is 5.84 Å². The first-order chi connectivity index (χ1) is 6.47. The van der Waals surface area contributed by atoms with Crippen LogP contribution in [0.15, 0.2) is 5.16 Å². The molecule has 82 valence electrons. The fraction of sp³-hybridized carbons (Fsp3) is 0.778. The summed E-state index contributed by atoms with van der Waals surface area (Å²) in [5.74, 6) is 0.591. The van der Waals surface area contributed by atoms with Crippen LogP contribution >= 0.6 is 0 Å². The van der Waals surface area contributed by atoms with Gasteiger partial charge in [-0.05, 0) is 5.92 Å². The maximum absolute atomic E-state index is 11.4. The Morgan fingerprint density at radius 1 is 1.57 bits per heavy atom. The van der Waals surface area contributed by atoms with Crippen LogP contribution in [0.1, 0.15) is 26.7 Å². The number of nitrogens with zero attached hydrogens (tertiary/aromatic N) is 2. The summed E-state index contributed by atoms with van der Waals surface area (Å²) in [4.78, 5) is 13.0. The molecule has 0 aromatic rings. The van der Waals surface area contributed by atoms with Crippen molar-refractivity contribution >= 4 is 11.7 Å². The minimum absolute atomic E-state index is 0.0886. The number of hydrogen-bond acceptors (Lipinski definition) is 3. The highest BCUT2D eigenvalue weighted by atomic mass is 16.4. The number of nitrogens with two attached hydrogens (primary N) is 1. The molecule has 0 aliphatic rings. The molecule has 0 aromatic carbocycles. The molecule has 0 aliphatic carbocycles. The first-order valence-electron chi connectivity index (χ1n) is 4.67. The van der Waals surface area contributed by atoms with E-state index in [1.165, 1.54) is 0 Å². The molecule has 0 unspecified atom stereocenters. The molecule has 0 bridgehead atoms. The number of hydrogen-bond donors (Lipinski definition) is 2. The monoisotopic (exact) mass is 201 g/mol. The van der Waals surface area contributed by atoms with Crippen LogP contribution in [-0.2, 0) is 4.79 Å². The second-order valence-corrected chi connectivity index (χ2v) is 3.75. The lowest BCUT2D eigenvalue weighted by Gasteiger charge is -2.17. The summed E-state index contributed by atoms with van der Waals surface area (Å²) in [6.45, 7) is 4.48. The summed E-state index contributed by atoms with van der Waals surface area (Å²) >= 11 is 0. The van der Waals surface area contributed by atoms with E-state index in [2.05, 4.69) is 5.16 Å². The number of oxime groups is 1. The Kier molecular flexibility index (Phi) is 5.67. The largest absolute Gasteiger partial charge is 0.409 e. The minimum atomic E-state index is 0.0886. The molecule has 0 rings (SSSR count). The Labute approximate surface area is 84.6 Å². The van der Waals surface area contributed by atoms with Gasteiger partial charge < -0.3 is 15.8 Å². The Hall–Kier alpha value is -1.26. The van der Waals surface area contributed by atoms with Crippen molar-refractivity contribution in [2.75, 3.05) is 13.6 Å². The lowest BCUT2D eigenvalue weighted by atomic mass is 10.1. The zero-order chi connectivity index (χ0) is 11.1. The number of amidine groups is 1. The van der Waals surface area contributed by atoms with E-state index in [-0.39, 0.29) is 11.7 Å². The molecule has 0 saturated carbocycles. The Balaban J connectivity index is 3.84. The number of rotatable bonds is 5. The third kappa shape index (κ3) is 5.40. The van der Waals surface area contributed by atoms with Crippen LogP contribution in [0.25, 0.3) is 0 Å². The van der Waals surface area contributed by atoms with Gasteiger partial charge in [-0.3, -0.25) is 4.79 Å². The minimum Gasteiger partial charge on any atom is -0.409 e. The third-order valence-electron chi connectivity index (χ3n) is 1.84. The maximum Gasteiger partial charge on any atom is 0.222 e. The highest BCUT2D eigenvalue weighted by Crippen LogP contribution is 2.02. The van der Waals surface area contributed by atoms with E-state index in [9.17, 15) is 4.79 Å². The van der Waals surface area contributed by atoms with Crippen LogP contribution < -0.4 is 5.73 Å². The molecule has 0 fully saturated rings. The zero-order valence-electron chi connectivity index (χ0n) is 9.03. The maximum atomic E-state index is 11.4. The van der Waals surface area contributed by atoms with Crippen molar-refractivity contribution < 1.29 is 10.0 Å². The van der Waals surface area contributed by atoms with E-state index in [0.717, 1.165) is 0 Å². The van der Waals surface area contributed by atoms with Gasteiger partial charge in [0, 0.05) is 26.4 Å². The van der Waals surface area contributed by atoms with E-state index in [1.807, 2.05) is 13.8 Å². The van der Waals surface area contributed by atoms with Crippen molar-refractivity contribution in [1.82, 2.24) is 4.90 Å². The second-order valence-electron chi connectivity index (χ2n) is 3.75. The fourth-order valence-electron chi connectivity index (χ4n) is 0.962. The Morgan fingerprint density at radius 3 is 2.57 bits per heavy atom. The standard InChI is InChI=1S/C9H19N3O2/c1-7(2)6-9(13)12(3)5-4-8(10)11-14/h7,14H,4-6H2,1-3H3,(H2,10,11). The summed E-state index contributed by atoms with van der Waals surface area (Å²) in [6.07, 6.45) is 0.934. The summed E-state index contributed by atoms with van der Waals surface area (Å²) in [5.41, 5.74) is 5.28. The van der Waals surface area contributed by atoms with E-state index < -0.39 is 0 Å². The number of carbonyl (C=O) groups excluding carboxylic acids is 1. The van der Waals surface area contributed by atoms with Crippen molar-refractivity contribution in [2.24, 2.45) is 16.8 Å². The molecule has 0 spiro atoms. The molecule has 0 aromatic heterocycles. The lowest BCUT2D eigenvalue weighted by Crippen LogP contribution is -2.31. The molecule has 0 radical (unpaired) electrons. The smallest absolute Gasteiger partial charge is 0.222 e. The van der Waals surface area contributed by atoms with E-state index in [0.29, 0.717) is 25.3 Å². The summed E-state index contributed by atoms with van der Waals surface area (Å²) in [6, 6.07) is 0. The van der Waals surface area contributed by atoms with Gasteiger partial charge in [-0.1, -0.05) is 19.0 Å². The van der Waals surface area contributed by atoms with Crippen molar-refractivity contribution in [2.45, 2.75) is 26.7 Å². The Bertz CT molecular complexity index is 214.